The standard InChI is InChI=1S/C17H35NS/c18-14-15-19-16-17-12-10-8-6-4-2-1-3-5-7-9-11-13-17/h17H,1-16,18H2. The highest BCUT2D eigenvalue weighted by atomic mass is 32.2. The molecule has 2 N–H and O–H groups in total. The third kappa shape index (κ3) is 10.7. The van der Waals surface area contributed by atoms with Gasteiger partial charge in [0.25, 0.3) is 0 Å². The average molecular weight is 286 g/mol. The lowest BCUT2D eigenvalue weighted by molar-refractivity contribution is 0.429. The Hall–Kier alpha value is 0.310. The zero-order valence-electron chi connectivity index (χ0n) is 12.9. The van der Waals surface area contributed by atoms with Crippen LogP contribution in [0.25, 0.3) is 0 Å². The van der Waals surface area contributed by atoms with E-state index in [1.165, 1.54) is 89.2 Å². The largest absolute Gasteiger partial charge is 0.330 e. The maximum Gasteiger partial charge on any atom is 0.00559 e. The van der Waals surface area contributed by atoms with Crippen molar-refractivity contribution in [1.82, 2.24) is 0 Å². The van der Waals surface area contributed by atoms with Crippen molar-refractivity contribution in [2.24, 2.45) is 11.7 Å². The maximum absolute atomic E-state index is 5.60. The Bertz CT molecular complexity index is 170. The molecule has 0 amide bonds. The van der Waals surface area contributed by atoms with Crippen LogP contribution in [0.1, 0.15) is 83.5 Å². The molecule has 1 aliphatic rings. The lowest BCUT2D eigenvalue weighted by Crippen LogP contribution is -2.08. The number of hydrogen-bond acceptors (Lipinski definition) is 2. The Morgan fingerprint density at radius 2 is 1.11 bits per heavy atom. The van der Waals surface area contributed by atoms with Gasteiger partial charge in [0.2, 0.25) is 0 Å². The summed E-state index contributed by atoms with van der Waals surface area (Å²) >= 11 is 2.08. The van der Waals surface area contributed by atoms with Crippen molar-refractivity contribution in [1.29, 1.82) is 0 Å². The highest BCUT2D eigenvalue weighted by Gasteiger charge is 2.09. The van der Waals surface area contributed by atoms with Gasteiger partial charge in [0.05, 0.1) is 0 Å². The molecule has 0 atom stereocenters. The first-order valence-electron chi connectivity index (χ1n) is 8.71. The molecule has 1 saturated carbocycles. The van der Waals surface area contributed by atoms with E-state index in [2.05, 4.69) is 11.8 Å². The van der Waals surface area contributed by atoms with Crippen molar-refractivity contribution in [2.75, 3.05) is 18.1 Å². The average Bonchev–Trinajstić information content (AvgIpc) is 2.43. The van der Waals surface area contributed by atoms with E-state index in [1.54, 1.807) is 0 Å². The summed E-state index contributed by atoms with van der Waals surface area (Å²) in [6.45, 7) is 0.845. The molecule has 0 saturated heterocycles. The molecule has 2 heteroatoms. The first-order valence-corrected chi connectivity index (χ1v) is 9.87. The van der Waals surface area contributed by atoms with Gasteiger partial charge in [-0.25, -0.2) is 0 Å². The Labute approximate surface area is 125 Å². The topological polar surface area (TPSA) is 26.0 Å². The summed E-state index contributed by atoms with van der Waals surface area (Å²) in [6.07, 6.45) is 19.2. The molecule has 1 fully saturated rings. The molecular formula is C17H35NS. The van der Waals surface area contributed by atoms with Crippen LogP contribution in [0, 0.1) is 5.92 Å². The van der Waals surface area contributed by atoms with Crippen LogP contribution in [-0.2, 0) is 0 Å². The van der Waals surface area contributed by atoms with E-state index in [1.807, 2.05) is 0 Å². The highest BCUT2D eigenvalue weighted by Crippen LogP contribution is 2.23. The molecule has 0 aromatic rings. The first kappa shape index (κ1) is 17.4. The lowest BCUT2D eigenvalue weighted by Gasteiger charge is -2.17. The summed E-state index contributed by atoms with van der Waals surface area (Å²) in [6, 6.07) is 0. The van der Waals surface area contributed by atoms with E-state index in [4.69, 9.17) is 5.73 Å². The number of rotatable bonds is 4. The summed E-state index contributed by atoms with van der Waals surface area (Å²) in [4.78, 5) is 0. The Kier molecular flexibility index (Phi) is 12.2. The predicted molar refractivity (Wildman–Crippen MR) is 89.9 cm³/mol. The molecule has 0 unspecified atom stereocenters. The quantitative estimate of drug-likeness (QED) is 0.702. The number of hydrogen-bond donors (Lipinski definition) is 1. The molecule has 1 rings (SSSR count). The number of thioether (sulfide) groups is 1. The second kappa shape index (κ2) is 13.3. The first-order chi connectivity index (χ1) is 9.43. The molecule has 0 aliphatic heterocycles. The van der Waals surface area contributed by atoms with Gasteiger partial charge in [-0.3, -0.25) is 0 Å². The van der Waals surface area contributed by atoms with Crippen LogP contribution < -0.4 is 5.73 Å². The molecule has 0 bridgehead atoms. The smallest absolute Gasteiger partial charge is 0.00559 e. The minimum absolute atomic E-state index is 0.845. The number of nitrogens with two attached hydrogens (primary N) is 1. The van der Waals surface area contributed by atoms with Crippen LogP contribution >= 0.6 is 11.8 Å². The second-order valence-corrected chi connectivity index (χ2v) is 7.35. The lowest BCUT2D eigenvalue weighted by atomic mass is 9.95. The van der Waals surface area contributed by atoms with Crippen LogP contribution in [0.5, 0.6) is 0 Å². The molecule has 0 aromatic carbocycles. The van der Waals surface area contributed by atoms with Crippen molar-refractivity contribution in [3.8, 4) is 0 Å². The van der Waals surface area contributed by atoms with Gasteiger partial charge in [0.1, 0.15) is 0 Å². The van der Waals surface area contributed by atoms with Gasteiger partial charge >= 0.3 is 0 Å². The minimum atomic E-state index is 0.845. The Balaban J connectivity index is 2.19. The van der Waals surface area contributed by atoms with Crippen molar-refractivity contribution in [2.45, 2.75) is 83.5 Å². The molecule has 1 nitrogen and oxygen atoms in total. The fourth-order valence-electron chi connectivity index (χ4n) is 3.10. The molecule has 0 spiro atoms. The van der Waals surface area contributed by atoms with Gasteiger partial charge < -0.3 is 5.73 Å². The summed E-state index contributed by atoms with van der Waals surface area (Å²) in [5, 5.41) is 0. The molecular weight excluding hydrogens is 250 g/mol. The third-order valence-corrected chi connectivity index (χ3v) is 5.57. The Morgan fingerprint density at radius 1 is 0.684 bits per heavy atom. The van der Waals surface area contributed by atoms with Crippen molar-refractivity contribution in [3.05, 3.63) is 0 Å². The van der Waals surface area contributed by atoms with Crippen LogP contribution in [0.15, 0.2) is 0 Å². The molecule has 0 radical (unpaired) electrons. The normalized spacial score (nSPS) is 21.9. The summed E-state index contributed by atoms with van der Waals surface area (Å²) in [5.74, 6) is 3.48. The van der Waals surface area contributed by atoms with Gasteiger partial charge in [0.15, 0.2) is 0 Å². The van der Waals surface area contributed by atoms with Gasteiger partial charge in [0, 0.05) is 12.3 Å². The van der Waals surface area contributed by atoms with E-state index in [0.717, 1.165) is 18.2 Å². The molecule has 19 heavy (non-hydrogen) atoms. The van der Waals surface area contributed by atoms with Crippen molar-refractivity contribution >= 4 is 11.8 Å². The third-order valence-electron chi connectivity index (χ3n) is 4.34. The second-order valence-electron chi connectivity index (χ2n) is 6.20. The van der Waals surface area contributed by atoms with Crippen LogP contribution in [0.3, 0.4) is 0 Å². The fourth-order valence-corrected chi connectivity index (χ4v) is 4.10. The van der Waals surface area contributed by atoms with E-state index < -0.39 is 0 Å². The maximum atomic E-state index is 5.60. The van der Waals surface area contributed by atoms with Crippen molar-refractivity contribution in [3.63, 3.8) is 0 Å². The summed E-state index contributed by atoms with van der Waals surface area (Å²) in [5.41, 5.74) is 5.60. The SMILES string of the molecule is NCCSCC1CCCCCCCCCCCCC1. The predicted octanol–water partition coefficient (Wildman–Crippen LogP) is 5.38. The van der Waals surface area contributed by atoms with E-state index in [9.17, 15) is 0 Å². The molecule has 0 heterocycles. The highest BCUT2D eigenvalue weighted by molar-refractivity contribution is 7.99. The van der Waals surface area contributed by atoms with Gasteiger partial charge in [-0.1, -0.05) is 70.6 Å². The van der Waals surface area contributed by atoms with Gasteiger partial charge in [-0.15, -0.1) is 0 Å². The molecule has 114 valence electrons. The van der Waals surface area contributed by atoms with Crippen molar-refractivity contribution < 1.29 is 0 Å². The zero-order valence-corrected chi connectivity index (χ0v) is 13.7. The Morgan fingerprint density at radius 3 is 1.53 bits per heavy atom. The summed E-state index contributed by atoms with van der Waals surface area (Å²) < 4.78 is 0. The summed E-state index contributed by atoms with van der Waals surface area (Å²) in [7, 11) is 0. The van der Waals surface area contributed by atoms with E-state index in [-0.39, 0.29) is 0 Å². The van der Waals surface area contributed by atoms with Gasteiger partial charge in [-0.2, -0.15) is 11.8 Å². The van der Waals surface area contributed by atoms with Crippen LogP contribution in [0.2, 0.25) is 0 Å². The zero-order chi connectivity index (χ0) is 13.6. The fraction of sp³-hybridized carbons (Fsp3) is 1.00. The van der Waals surface area contributed by atoms with Gasteiger partial charge in [-0.05, 0) is 24.5 Å². The molecule has 0 aromatic heterocycles. The molecule has 1 aliphatic carbocycles. The monoisotopic (exact) mass is 285 g/mol. The van der Waals surface area contributed by atoms with E-state index in [0.29, 0.717) is 0 Å². The van der Waals surface area contributed by atoms with Crippen LogP contribution in [0.4, 0.5) is 0 Å². The van der Waals surface area contributed by atoms with E-state index >= 15 is 0 Å². The van der Waals surface area contributed by atoms with Crippen LogP contribution in [-0.4, -0.2) is 18.1 Å². The minimum Gasteiger partial charge on any atom is -0.330 e.